The van der Waals surface area contributed by atoms with Crippen LogP contribution in [0.15, 0.2) is 42.5 Å². The Morgan fingerprint density at radius 1 is 1.21 bits per heavy atom. The summed E-state index contributed by atoms with van der Waals surface area (Å²) in [4.78, 5) is 12.8. The van der Waals surface area contributed by atoms with Crippen LogP contribution >= 0.6 is 0 Å². The number of benzene rings is 2. The smallest absolute Gasteiger partial charge is 0.155 e. The first kappa shape index (κ1) is 13.1. The van der Waals surface area contributed by atoms with Crippen LogP contribution in [-0.4, -0.2) is 20.4 Å². The summed E-state index contributed by atoms with van der Waals surface area (Å²) >= 11 is 0. The van der Waals surface area contributed by atoms with Crippen LogP contribution in [0.25, 0.3) is 0 Å². The predicted molar refractivity (Wildman–Crippen MR) is 72.8 cm³/mol. The minimum Gasteiger partial charge on any atom is -0.497 e. The number of methoxy groups -OCH3 is 1. The zero-order valence-corrected chi connectivity index (χ0v) is 10.8. The highest BCUT2D eigenvalue weighted by atomic mass is 19.1. The van der Waals surface area contributed by atoms with Gasteiger partial charge < -0.3 is 9.64 Å². The van der Waals surface area contributed by atoms with Crippen LogP contribution < -0.4 is 9.64 Å². The third-order valence-corrected chi connectivity index (χ3v) is 2.95. The van der Waals surface area contributed by atoms with Gasteiger partial charge in [-0.05, 0) is 24.3 Å². The summed E-state index contributed by atoms with van der Waals surface area (Å²) in [7, 11) is 3.36. The lowest BCUT2D eigenvalue weighted by molar-refractivity contribution is 0.112. The van der Waals surface area contributed by atoms with Crippen molar-refractivity contribution in [3.8, 4) is 5.75 Å². The molecule has 0 heterocycles. The molecule has 4 heteroatoms. The predicted octanol–water partition coefficient (Wildman–Crippen LogP) is 3.41. The fourth-order valence-corrected chi connectivity index (χ4v) is 1.89. The Morgan fingerprint density at radius 3 is 2.63 bits per heavy atom. The molecule has 0 saturated heterocycles. The van der Waals surface area contributed by atoms with Gasteiger partial charge in [0.05, 0.1) is 18.4 Å². The van der Waals surface area contributed by atoms with Crippen molar-refractivity contribution in [1.82, 2.24) is 0 Å². The number of halogens is 1. The second-order valence-corrected chi connectivity index (χ2v) is 4.05. The van der Waals surface area contributed by atoms with E-state index in [1.165, 1.54) is 6.07 Å². The molecule has 0 aliphatic heterocycles. The number of rotatable bonds is 4. The van der Waals surface area contributed by atoms with Crippen LogP contribution in [0.1, 0.15) is 10.4 Å². The maximum absolute atomic E-state index is 13.6. The molecule has 2 rings (SSSR count). The van der Waals surface area contributed by atoms with Crippen molar-refractivity contribution >= 4 is 17.7 Å². The number of carbonyl (C=O) groups excluding carboxylic acids is 1. The maximum Gasteiger partial charge on any atom is 0.155 e. The first-order valence-corrected chi connectivity index (χ1v) is 5.79. The number of aldehydes is 1. The highest BCUT2D eigenvalue weighted by Gasteiger charge is 2.13. The first-order valence-electron chi connectivity index (χ1n) is 5.79. The molecule has 3 nitrogen and oxygen atoms in total. The Hall–Kier alpha value is -2.36. The molecule has 0 unspecified atom stereocenters. The van der Waals surface area contributed by atoms with Gasteiger partial charge in [0, 0.05) is 18.8 Å². The molecule has 0 fully saturated rings. The maximum atomic E-state index is 13.6. The van der Waals surface area contributed by atoms with Crippen molar-refractivity contribution in [1.29, 1.82) is 0 Å². The zero-order valence-electron chi connectivity index (χ0n) is 10.8. The summed E-state index contributed by atoms with van der Waals surface area (Å²) < 4.78 is 18.7. The Labute approximate surface area is 111 Å². The normalized spacial score (nSPS) is 10.1. The van der Waals surface area contributed by atoms with Crippen molar-refractivity contribution in [2.45, 2.75) is 0 Å². The van der Waals surface area contributed by atoms with Crippen molar-refractivity contribution in [2.75, 3.05) is 19.1 Å². The van der Waals surface area contributed by atoms with Crippen LogP contribution in [0, 0.1) is 5.82 Å². The molecule has 0 spiro atoms. The molecule has 0 N–H and O–H groups in total. The van der Waals surface area contributed by atoms with E-state index in [0.29, 0.717) is 17.7 Å². The molecule has 0 aliphatic carbocycles. The van der Waals surface area contributed by atoms with Crippen LogP contribution in [0.4, 0.5) is 15.8 Å². The summed E-state index contributed by atoms with van der Waals surface area (Å²) in [5.74, 6) is 0.177. The standard InChI is InChI=1S/C15H14FNO2/c1-17(11-5-3-6-12(9-11)19-2)15-8-4-7-14(16)13(15)10-18/h3-10H,1-2H3. The quantitative estimate of drug-likeness (QED) is 0.788. The van der Waals surface area contributed by atoms with Crippen molar-refractivity contribution in [2.24, 2.45) is 0 Å². The molecule has 0 bridgehead atoms. The average molecular weight is 259 g/mol. The van der Waals surface area contributed by atoms with Gasteiger partial charge in [-0.15, -0.1) is 0 Å². The Kier molecular flexibility index (Phi) is 3.80. The minimum atomic E-state index is -0.526. The second kappa shape index (κ2) is 5.52. The third kappa shape index (κ3) is 2.57. The molecular weight excluding hydrogens is 245 g/mol. The van der Waals surface area contributed by atoms with E-state index in [0.717, 1.165) is 5.69 Å². The lowest BCUT2D eigenvalue weighted by Gasteiger charge is -2.21. The van der Waals surface area contributed by atoms with Gasteiger partial charge in [0.1, 0.15) is 11.6 Å². The first-order chi connectivity index (χ1) is 9.17. The lowest BCUT2D eigenvalue weighted by Crippen LogP contribution is -2.12. The second-order valence-electron chi connectivity index (χ2n) is 4.05. The topological polar surface area (TPSA) is 29.5 Å². The fourth-order valence-electron chi connectivity index (χ4n) is 1.89. The van der Waals surface area contributed by atoms with Crippen LogP contribution in [-0.2, 0) is 0 Å². The van der Waals surface area contributed by atoms with Gasteiger partial charge in [-0.3, -0.25) is 4.79 Å². The fraction of sp³-hybridized carbons (Fsp3) is 0.133. The molecule has 0 aliphatic rings. The number of hydrogen-bond acceptors (Lipinski definition) is 3. The summed E-state index contributed by atoms with van der Waals surface area (Å²) in [6.45, 7) is 0. The van der Waals surface area contributed by atoms with Gasteiger partial charge >= 0.3 is 0 Å². The highest BCUT2D eigenvalue weighted by molar-refractivity contribution is 5.87. The van der Waals surface area contributed by atoms with E-state index in [9.17, 15) is 9.18 Å². The molecule has 19 heavy (non-hydrogen) atoms. The Bertz CT molecular complexity index is 598. The molecule has 0 aromatic heterocycles. The Balaban J connectivity index is 2.46. The van der Waals surface area contributed by atoms with Gasteiger partial charge in [0.25, 0.3) is 0 Å². The van der Waals surface area contributed by atoms with Gasteiger partial charge in [0.15, 0.2) is 6.29 Å². The van der Waals surface area contributed by atoms with Gasteiger partial charge in [-0.1, -0.05) is 12.1 Å². The average Bonchev–Trinajstić information content (AvgIpc) is 2.46. The molecule has 2 aromatic carbocycles. The van der Waals surface area contributed by atoms with E-state index >= 15 is 0 Å². The monoisotopic (exact) mass is 259 g/mol. The number of anilines is 2. The van der Waals surface area contributed by atoms with E-state index in [1.54, 1.807) is 31.2 Å². The van der Waals surface area contributed by atoms with Gasteiger partial charge in [-0.2, -0.15) is 0 Å². The largest absolute Gasteiger partial charge is 0.497 e. The summed E-state index contributed by atoms with van der Waals surface area (Å²) in [5, 5.41) is 0. The van der Waals surface area contributed by atoms with E-state index in [4.69, 9.17) is 4.74 Å². The number of hydrogen-bond donors (Lipinski definition) is 0. The lowest BCUT2D eigenvalue weighted by atomic mass is 10.1. The molecule has 98 valence electrons. The molecule has 0 saturated carbocycles. The van der Waals surface area contributed by atoms with E-state index in [1.807, 2.05) is 24.3 Å². The van der Waals surface area contributed by atoms with Crippen molar-refractivity contribution in [3.05, 3.63) is 53.8 Å². The molecule has 0 radical (unpaired) electrons. The van der Waals surface area contributed by atoms with Crippen LogP contribution in [0.5, 0.6) is 5.75 Å². The highest BCUT2D eigenvalue weighted by Crippen LogP contribution is 2.29. The molecule has 0 atom stereocenters. The third-order valence-electron chi connectivity index (χ3n) is 2.95. The van der Waals surface area contributed by atoms with Crippen molar-refractivity contribution in [3.63, 3.8) is 0 Å². The molecule has 0 amide bonds. The van der Waals surface area contributed by atoms with E-state index in [-0.39, 0.29) is 5.56 Å². The van der Waals surface area contributed by atoms with Gasteiger partial charge in [0.2, 0.25) is 0 Å². The van der Waals surface area contributed by atoms with Crippen molar-refractivity contribution < 1.29 is 13.9 Å². The molecule has 2 aromatic rings. The minimum absolute atomic E-state index is 0.0489. The van der Waals surface area contributed by atoms with E-state index < -0.39 is 5.82 Å². The molecular formula is C15H14FNO2. The number of ether oxygens (including phenoxy) is 1. The number of nitrogens with zero attached hydrogens (tertiary/aromatic N) is 1. The number of carbonyl (C=O) groups is 1. The van der Waals surface area contributed by atoms with Crippen LogP contribution in [0.2, 0.25) is 0 Å². The summed E-state index contributed by atoms with van der Waals surface area (Å²) in [5.41, 5.74) is 1.38. The Morgan fingerprint density at radius 2 is 1.95 bits per heavy atom. The SMILES string of the molecule is COc1cccc(N(C)c2cccc(F)c2C=O)c1. The zero-order chi connectivity index (χ0) is 13.8. The van der Waals surface area contributed by atoms with Gasteiger partial charge in [-0.25, -0.2) is 4.39 Å². The van der Waals surface area contributed by atoms with E-state index in [2.05, 4.69) is 0 Å². The summed E-state index contributed by atoms with van der Waals surface area (Å²) in [6.07, 6.45) is 0.529. The van der Waals surface area contributed by atoms with Crippen LogP contribution in [0.3, 0.4) is 0 Å². The summed E-state index contributed by atoms with van der Waals surface area (Å²) in [6, 6.07) is 11.9.